The van der Waals surface area contributed by atoms with Crippen molar-refractivity contribution in [3.63, 3.8) is 0 Å². The molecule has 0 spiro atoms. The van der Waals surface area contributed by atoms with Crippen LogP contribution in [0.3, 0.4) is 0 Å². The van der Waals surface area contributed by atoms with Crippen LogP contribution in [-0.2, 0) is 0 Å². The number of nitrogens with zero attached hydrogens (tertiary/aromatic N) is 2. The molecule has 0 saturated carbocycles. The monoisotopic (exact) mass is 277 g/mol. The summed E-state index contributed by atoms with van der Waals surface area (Å²) in [4.78, 5) is 19.4. The van der Waals surface area contributed by atoms with Gasteiger partial charge in [0.2, 0.25) is 0 Å². The lowest BCUT2D eigenvalue weighted by molar-refractivity contribution is 0.0690. The van der Waals surface area contributed by atoms with Gasteiger partial charge in [0.15, 0.2) is 11.5 Å². The number of halogens is 1. The van der Waals surface area contributed by atoms with E-state index in [0.29, 0.717) is 28.8 Å². The molecule has 0 amide bonds. The summed E-state index contributed by atoms with van der Waals surface area (Å²) >= 11 is 5.81. The maximum Gasteiger partial charge on any atom is 0.354 e. The van der Waals surface area contributed by atoms with Crippen LogP contribution < -0.4 is 5.32 Å². The van der Waals surface area contributed by atoms with Crippen molar-refractivity contribution in [1.82, 2.24) is 9.97 Å². The number of nitrogens with one attached hydrogen (secondary N) is 1. The van der Waals surface area contributed by atoms with E-state index in [2.05, 4.69) is 15.3 Å². The second kappa shape index (κ2) is 5.67. The first-order chi connectivity index (χ1) is 9.10. The lowest BCUT2D eigenvalue weighted by atomic mass is 10.2. The van der Waals surface area contributed by atoms with Crippen LogP contribution in [0.5, 0.6) is 0 Å². The molecule has 0 aliphatic carbocycles. The molecule has 0 unspecified atom stereocenters. The van der Waals surface area contributed by atoms with Crippen molar-refractivity contribution in [2.24, 2.45) is 0 Å². The Kier molecular flexibility index (Phi) is 3.97. The molecule has 0 atom stereocenters. The third-order valence-corrected chi connectivity index (χ3v) is 2.66. The topological polar surface area (TPSA) is 75.1 Å². The minimum absolute atomic E-state index is 0.0455. The summed E-state index contributed by atoms with van der Waals surface area (Å²) in [7, 11) is 0. The van der Waals surface area contributed by atoms with Gasteiger partial charge in [-0.1, -0.05) is 11.6 Å². The molecule has 0 aliphatic heterocycles. The van der Waals surface area contributed by atoms with Gasteiger partial charge in [0.05, 0.1) is 0 Å². The van der Waals surface area contributed by atoms with Gasteiger partial charge in [-0.05, 0) is 31.2 Å². The number of hydrogen-bond acceptors (Lipinski definition) is 4. The maximum absolute atomic E-state index is 11.1. The molecule has 0 radical (unpaired) electrons. The van der Waals surface area contributed by atoms with Crippen LogP contribution in [0.1, 0.15) is 17.4 Å². The molecule has 6 heteroatoms. The predicted octanol–water partition coefficient (Wildman–Crippen LogP) is 2.93. The first kappa shape index (κ1) is 13.3. The van der Waals surface area contributed by atoms with E-state index in [1.807, 2.05) is 6.92 Å². The fourth-order valence-corrected chi connectivity index (χ4v) is 1.68. The molecule has 2 rings (SSSR count). The van der Waals surface area contributed by atoms with E-state index >= 15 is 0 Å². The third kappa shape index (κ3) is 3.20. The molecular formula is C13H12ClN3O2. The molecule has 1 heterocycles. The van der Waals surface area contributed by atoms with Gasteiger partial charge in [0.25, 0.3) is 0 Å². The van der Waals surface area contributed by atoms with Crippen molar-refractivity contribution in [3.8, 4) is 11.4 Å². The first-order valence-electron chi connectivity index (χ1n) is 5.72. The number of rotatable bonds is 4. The lowest BCUT2D eigenvalue weighted by Crippen LogP contribution is -2.07. The summed E-state index contributed by atoms with van der Waals surface area (Å²) in [5.41, 5.74) is 0.669. The van der Waals surface area contributed by atoms with Crippen LogP contribution in [0.25, 0.3) is 11.4 Å². The maximum atomic E-state index is 11.1. The fourth-order valence-electron chi connectivity index (χ4n) is 1.56. The standard InChI is InChI=1S/C13H12ClN3O2/c1-2-15-11-7-10(13(18)19)16-12(17-11)8-3-5-9(14)6-4-8/h3-7H,2H2,1H3,(H,18,19)(H,15,16,17). The number of carboxylic acids is 1. The van der Waals surface area contributed by atoms with E-state index < -0.39 is 5.97 Å². The van der Waals surface area contributed by atoms with Crippen LogP contribution >= 0.6 is 11.6 Å². The highest BCUT2D eigenvalue weighted by atomic mass is 35.5. The Morgan fingerprint density at radius 3 is 2.58 bits per heavy atom. The van der Waals surface area contributed by atoms with Gasteiger partial charge < -0.3 is 10.4 Å². The van der Waals surface area contributed by atoms with Crippen molar-refractivity contribution in [2.45, 2.75) is 6.92 Å². The molecule has 5 nitrogen and oxygen atoms in total. The van der Waals surface area contributed by atoms with Gasteiger partial charge in [0.1, 0.15) is 5.82 Å². The number of anilines is 1. The summed E-state index contributed by atoms with van der Waals surface area (Å²) in [5, 5.41) is 12.6. The zero-order valence-corrected chi connectivity index (χ0v) is 11.0. The second-order valence-electron chi connectivity index (χ2n) is 3.80. The number of hydrogen-bond donors (Lipinski definition) is 2. The first-order valence-corrected chi connectivity index (χ1v) is 6.10. The van der Waals surface area contributed by atoms with Crippen molar-refractivity contribution >= 4 is 23.4 Å². The fraction of sp³-hybridized carbons (Fsp3) is 0.154. The minimum atomic E-state index is -1.09. The highest BCUT2D eigenvalue weighted by Crippen LogP contribution is 2.20. The minimum Gasteiger partial charge on any atom is -0.477 e. The Morgan fingerprint density at radius 1 is 1.32 bits per heavy atom. The zero-order valence-electron chi connectivity index (χ0n) is 10.2. The van der Waals surface area contributed by atoms with Crippen molar-refractivity contribution in [3.05, 3.63) is 41.0 Å². The smallest absolute Gasteiger partial charge is 0.354 e. The lowest BCUT2D eigenvalue weighted by Gasteiger charge is -2.07. The van der Waals surface area contributed by atoms with Gasteiger partial charge >= 0.3 is 5.97 Å². The highest BCUT2D eigenvalue weighted by Gasteiger charge is 2.11. The van der Waals surface area contributed by atoms with Gasteiger partial charge in [0, 0.05) is 23.2 Å². The summed E-state index contributed by atoms with van der Waals surface area (Å²) in [6.45, 7) is 2.56. The summed E-state index contributed by atoms with van der Waals surface area (Å²) < 4.78 is 0. The molecule has 1 aromatic carbocycles. The van der Waals surface area contributed by atoms with Gasteiger partial charge in [-0.2, -0.15) is 0 Å². The molecule has 19 heavy (non-hydrogen) atoms. The summed E-state index contributed by atoms with van der Waals surface area (Å²) in [6.07, 6.45) is 0. The highest BCUT2D eigenvalue weighted by molar-refractivity contribution is 6.30. The predicted molar refractivity (Wildman–Crippen MR) is 73.6 cm³/mol. The summed E-state index contributed by atoms with van der Waals surface area (Å²) in [5.74, 6) is -0.246. The average molecular weight is 278 g/mol. The Labute approximate surface area is 115 Å². The van der Waals surface area contributed by atoms with Gasteiger partial charge in [-0.15, -0.1) is 0 Å². The summed E-state index contributed by atoms with van der Waals surface area (Å²) in [6, 6.07) is 8.32. The Morgan fingerprint density at radius 2 is 2.00 bits per heavy atom. The van der Waals surface area contributed by atoms with E-state index in [9.17, 15) is 4.79 Å². The molecule has 1 aromatic heterocycles. The third-order valence-electron chi connectivity index (χ3n) is 2.41. The van der Waals surface area contributed by atoms with E-state index in [1.54, 1.807) is 24.3 Å². The quantitative estimate of drug-likeness (QED) is 0.899. The van der Waals surface area contributed by atoms with E-state index in [1.165, 1.54) is 6.07 Å². The number of carboxylic acid groups (broad SMARTS) is 1. The van der Waals surface area contributed by atoms with Crippen LogP contribution in [-0.4, -0.2) is 27.6 Å². The number of carbonyl (C=O) groups is 1. The van der Waals surface area contributed by atoms with Gasteiger partial charge in [-0.3, -0.25) is 0 Å². The van der Waals surface area contributed by atoms with Crippen LogP contribution in [0.4, 0.5) is 5.82 Å². The van der Waals surface area contributed by atoms with E-state index in [4.69, 9.17) is 16.7 Å². The molecule has 2 aromatic rings. The normalized spacial score (nSPS) is 10.2. The Balaban J connectivity index is 2.49. The molecular weight excluding hydrogens is 266 g/mol. The number of aromatic nitrogens is 2. The second-order valence-corrected chi connectivity index (χ2v) is 4.24. The number of aromatic carboxylic acids is 1. The SMILES string of the molecule is CCNc1cc(C(=O)O)nc(-c2ccc(Cl)cc2)n1. The molecule has 2 N–H and O–H groups in total. The molecule has 0 bridgehead atoms. The van der Waals surface area contributed by atoms with Crippen molar-refractivity contribution in [1.29, 1.82) is 0 Å². The Bertz CT molecular complexity index is 599. The zero-order chi connectivity index (χ0) is 13.8. The largest absolute Gasteiger partial charge is 0.477 e. The molecule has 0 saturated heterocycles. The number of benzene rings is 1. The van der Waals surface area contributed by atoms with Crippen LogP contribution in [0.15, 0.2) is 30.3 Å². The van der Waals surface area contributed by atoms with Crippen LogP contribution in [0, 0.1) is 0 Å². The van der Waals surface area contributed by atoms with Crippen LogP contribution in [0.2, 0.25) is 5.02 Å². The molecule has 0 aliphatic rings. The molecule has 98 valence electrons. The van der Waals surface area contributed by atoms with Crippen molar-refractivity contribution < 1.29 is 9.90 Å². The van der Waals surface area contributed by atoms with E-state index in [-0.39, 0.29) is 5.69 Å². The van der Waals surface area contributed by atoms with Gasteiger partial charge in [-0.25, -0.2) is 14.8 Å². The van der Waals surface area contributed by atoms with E-state index in [0.717, 1.165) is 0 Å². The Hall–Kier alpha value is -2.14. The van der Waals surface area contributed by atoms with Crippen molar-refractivity contribution in [2.75, 3.05) is 11.9 Å². The molecule has 0 fully saturated rings. The average Bonchev–Trinajstić information content (AvgIpc) is 2.39.